The quantitative estimate of drug-likeness (QED) is 0.660. The summed E-state index contributed by atoms with van der Waals surface area (Å²) in [6.07, 6.45) is 5.01. The Morgan fingerprint density at radius 2 is 1.77 bits per heavy atom. The van der Waals surface area contributed by atoms with E-state index in [0.717, 1.165) is 25.7 Å². The predicted octanol–water partition coefficient (Wildman–Crippen LogP) is 3.50. The third-order valence-corrected chi connectivity index (χ3v) is 6.70. The zero-order chi connectivity index (χ0) is 19.2. The maximum absolute atomic E-state index is 14.3. The fraction of sp³-hybridized carbons (Fsp3) is 0.632. The number of sulfone groups is 1. The summed E-state index contributed by atoms with van der Waals surface area (Å²) < 4.78 is 52.5. The van der Waals surface area contributed by atoms with E-state index in [9.17, 15) is 22.0 Å². The average molecular weight is 387 g/mol. The van der Waals surface area contributed by atoms with Crippen molar-refractivity contribution >= 4 is 15.7 Å². The van der Waals surface area contributed by atoms with Gasteiger partial charge in [-0.1, -0.05) is 38.7 Å². The van der Waals surface area contributed by atoms with Crippen LogP contribution in [0.25, 0.3) is 0 Å². The summed E-state index contributed by atoms with van der Waals surface area (Å²) in [5.41, 5.74) is -0.805. The Labute approximate surface area is 154 Å². The van der Waals surface area contributed by atoms with Gasteiger partial charge in [-0.2, -0.15) is 0 Å². The van der Waals surface area contributed by atoms with E-state index >= 15 is 0 Å². The molecule has 1 aromatic rings. The van der Waals surface area contributed by atoms with Crippen LogP contribution in [0.3, 0.4) is 0 Å². The fourth-order valence-electron chi connectivity index (χ4n) is 3.73. The molecule has 1 saturated carbocycles. The summed E-state index contributed by atoms with van der Waals surface area (Å²) in [7, 11) is -3.46. The minimum Gasteiger partial charge on any atom is -0.354 e. The molecule has 0 aromatic heterocycles. The van der Waals surface area contributed by atoms with Crippen molar-refractivity contribution in [2.24, 2.45) is 0 Å². The van der Waals surface area contributed by atoms with E-state index < -0.39 is 38.5 Å². The zero-order valence-electron chi connectivity index (χ0n) is 15.2. The third kappa shape index (κ3) is 5.25. The molecule has 1 aromatic carbocycles. The summed E-state index contributed by atoms with van der Waals surface area (Å²) in [4.78, 5) is 12.1. The number of rotatable bonds is 9. The second-order valence-corrected chi connectivity index (χ2v) is 9.34. The highest BCUT2D eigenvalue weighted by Gasteiger charge is 2.40. The van der Waals surface area contributed by atoms with Gasteiger partial charge in [-0.05, 0) is 31.4 Å². The van der Waals surface area contributed by atoms with Crippen molar-refractivity contribution in [2.75, 3.05) is 18.1 Å². The first-order valence-electron chi connectivity index (χ1n) is 9.21. The number of carbonyl (C=O) groups is 1. The summed E-state index contributed by atoms with van der Waals surface area (Å²) in [5.74, 6) is -2.43. The molecule has 0 radical (unpaired) electrons. The third-order valence-electron chi connectivity index (χ3n) is 5.09. The molecular formula is C19H27F2NO3S. The molecule has 7 heteroatoms. The van der Waals surface area contributed by atoms with Crippen LogP contribution in [-0.4, -0.2) is 32.4 Å². The molecule has 2 rings (SSSR count). The van der Waals surface area contributed by atoms with Gasteiger partial charge in [-0.15, -0.1) is 0 Å². The molecule has 1 amide bonds. The summed E-state index contributed by atoms with van der Waals surface area (Å²) >= 11 is 0. The van der Waals surface area contributed by atoms with E-state index in [-0.39, 0.29) is 17.9 Å². The van der Waals surface area contributed by atoms with Crippen molar-refractivity contribution < 1.29 is 22.0 Å². The minimum absolute atomic E-state index is 0.00334. The molecule has 4 nitrogen and oxygen atoms in total. The van der Waals surface area contributed by atoms with Gasteiger partial charge in [0.1, 0.15) is 17.4 Å². The van der Waals surface area contributed by atoms with E-state index in [1.165, 1.54) is 18.2 Å². The Morgan fingerprint density at radius 1 is 1.15 bits per heavy atom. The fourth-order valence-corrected chi connectivity index (χ4v) is 5.02. The van der Waals surface area contributed by atoms with Gasteiger partial charge in [0.25, 0.3) is 0 Å². The lowest BCUT2D eigenvalue weighted by atomic mass is 9.78. The molecule has 0 aliphatic heterocycles. The van der Waals surface area contributed by atoms with Crippen LogP contribution in [0.1, 0.15) is 57.4 Å². The highest BCUT2D eigenvalue weighted by Crippen LogP contribution is 2.42. The number of hydrogen-bond acceptors (Lipinski definition) is 3. The largest absolute Gasteiger partial charge is 0.354 e. The van der Waals surface area contributed by atoms with Crippen molar-refractivity contribution in [2.45, 2.75) is 57.3 Å². The van der Waals surface area contributed by atoms with Crippen LogP contribution in [0.5, 0.6) is 0 Å². The highest BCUT2D eigenvalue weighted by molar-refractivity contribution is 7.92. The maximum atomic E-state index is 14.3. The van der Waals surface area contributed by atoms with Gasteiger partial charge in [0, 0.05) is 17.5 Å². The molecule has 1 aliphatic carbocycles. The number of carbonyl (C=O) groups excluding carboxylic acids is 1. The first kappa shape index (κ1) is 20.8. The van der Waals surface area contributed by atoms with Gasteiger partial charge in [-0.3, -0.25) is 4.79 Å². The molecule has 146 valence electrons. The number of halogens is 2. The number of benzene rings is 1. The Kier molecular flexibility index (Phi) is 7.15. The molecule has 1 aliphatic rings. The van der Waals surface area contributed by atoms with Gasteiger partial charge in [-0.25, -0.2) is 17.2 Å². The Morgan fingerprint density at radius 3 is 2.35 bits per heavy atom. The summed E-state index contributed by atoms with van der Waals surface area (Å²) in [6.45, 7) is 2.02. The van der Waals surface area contributed by atoms with Crippen LogP contribution in [0.2, 0.25) is 0 Å². The van der Waals surface area contributed by atoms with Gasteiger partial charge >= 0.3 is 0 Å². The van der Waals surface area contributed by atoms with Gasteiger partial charge < -0.3 is 5.32 Å². The second-order valence-electron chi connectivity index (χ2n) is 7.16. The lowest BCUT2D eigenvalue weighted by Crippen LogP contribution is -2.42. The standard InChI is InChI=1S/C19H27F2NO3S/c1-2-3-6-12-26(24,25)13-17(23)22-14-19(10-4-5-11-19)18-15(20)8-7-9-16(18)21/h7-9H,2-6,10-14H2,1H3,(H,22,23). The summed E-state index contributed by atoms with van der Waals surface area (Å²) in [5, 5.41) is 2.61. The zero-order valence-corrected chi connectivity index (χ0v) is 16.0. The van der Waals surface area contributed by atoms with Crippen molar-refractivity contribution in [1.82, 2.24) is 5.32 Å². The van der Waals surface area contributed by atoms with E-state index in [2.05, 4.69) is 5.32 Å². The van der Waals surface area contributed by atoms with E-state index in [4.69, 9.17) is 0 Å². The SMILES string of the molecule is CCCCCS(=O)(=O)CC(=O)NCC1(c2c(F)cccc2F)CCCC1. The topological polar surface area (TPSA) is 63.2 Å². The van der Waals surface area contributed by atoms with Gasteiger partial charge in [0.05, 0.1) is 5.75 Å². The lowest BCUT2D eigenvalue weighted by molar-refractivity contribution is -0.118. The average Bonchev–Trinajstić information content (AvgIpc) is 3.02. The van der Waals surface area contributed by atoms with Crippen molar-refractivity contribution in [3.05, 3.63) is 35.4 Å². The molecular weight excluding hydrogens is 360 g/mol. The molecule has 1 fully saturated rings. The maximum Gasteiger partial charge on any atom is 0.235 e. The van der Waals surface area contributed by atoms with Gasteiger partial charge in [0.15, 0.2) is 9.84 Å². The van der Waals surface area contributed by atoms with E-state index in [1.54, 1.807) is 0 Å². The van der Waals surface area contributed by atoms with Gasteiger partial charge in [0.2, 0.25) is 5.91 Å². The first-order chi connectivity index (χ1) is 12.3. The normalized spacial score (nSPS) is 16.6. The molecule has 0 heterocycles. The number of nitrogens with one attached hydrogen (secondary N) is 1. The Balaban J connectivity index is 2.04. The van der Waals surface area contributed by atoms with Crippen LogP contribution in [0.15, 0.2) is 18.2 Å². The van der Waals surface area contributed by atoms with Crippen LogP contribution in [0, 0.1) is 11.6 Å². The lowest BCUT2D eigenvalue weighted by Gasteiger charge is -2.30. The minimum atomic E-state index is -3.46. The smallest absolute Gasteiger partial charge is 0.235 e. The number of amides is 1. The van der Waals surface area contributed by atoms with E-state index in [0.29, 0.717) is 19.3 Å². The predicted molar refractivity (Wildman–Crippen MR) is 97.7 cm³/mol. The molecule has 1 N–H and O–H groups in total. The van der Waals surface area contributed by atoms with E-state index in [1.807, 2.05) is 6.92 Å². The van der Waals surface area contributed by atoms with Crippen LogP contribution >= 0.6 is 0 Å². The second kappa shape index (κ2) is 8.93. The number of unbranched alkanes of at least 4 members (excludes halogenated alkanes) is 2. The first-order valence-corrected chi connectivity index (χ1v) is 11.0. The monoisotopic (exact) mass is 387 g/mol. The molecule has 26 heavy (non-hydrogen) atoms. The van der Waals surface area contributed by atoms with Crippen molar-refractivity contribution in [3.63, 3.8) is 0 Å². The van der Waals surface area contributed by atoms with Crippen molar-refractivity contribution in [3.8, 4) is 0 Å². The molecule has 0 spiro atoms. The summed E-state index contributed by atoms with van der Waals surface area (Å²) in [6, 6.07) is 3.76. The molecule has 0 bridgehead atoms. The highest BCUT2D eigenvalue weighted by atomic mass is 32.2. The Bertz CT molecular complexity index is 708. The number of hydrogen-bond donors (Lipinski definition) is 1. The van der Waals surface area contributed by atoms with Crippen molar-refractivity contribution in [1.29, 1.82) is 0 Å². The van der Waals surface area contributed by atoms with Crippen LogP contribution in [0.4, 0.5) is 8.78 Å². The Hall–Kier alpha value is -1.50. The molecule has 0 atom stereocenters. The van der Waals surface area contributed by atoms with Crippen LogP contribution in [-0.2, 0) is 20.0 Å². The molecule has 0 unspecified atom stereocenters. The molecule has 0 saturated heterocycles. The van der Waals surface area contributed by atoms with Crippen LogP contribution < -0.4 is 5.32 Å².